The van der Waals surface area contributed by atoms with Crippen molar-refractivity contribution in [1.82, 2.24) is 0 Å². The zero-order chi connectivity index (χ0) is 5.15. The summed E-state index contributed by atoms with van der Waals surface area (Å²) in [7, 11) is 0. The third kappa shape index (κ3) is 6.43. The Balaban J connectivity index is 0. The number of carbonyl (C=O) groups excluding carboxylic acids is 1. The molecule has 0 saturated carbocycles. The maximum absolute atomic E-state index is 9.34. The summed E-state index contributed by atoms with van der Waals surface area (Å²) >= 11 is 0. The summed E-state index contributed by atoms with van der Waals surface area (Å²) in [6, 6.07) is 0. The van der Waals surface area contributed by atoms with Crippen LogP contribution in [0.25, 0.3) is 0 Å². The van der Waals surface area contributed by atoms with Crippen molar-refractivity contribution in [2.45, 2.75) is 13.0 Å². The van der Waals surface area contributed by atoms with Gasteiger partial charge in [-0.1, -0.05) is 0 Å². The summed E-state index contributed by atoms with van der Waals surface area (Å²) in [5, 5.41) is 17.3. The van der Waals surface area contributed by atoms with Crippen LogP contribution in [0.1, 0.15) is 6.92 Å². The van der Waals surface area contributed by atoms with E-state index in [-0.39, 0.29) is 29.6 Å². The first-order valence-electron chi connectivity index (χ1n) is 1.53. The van der Waals surface area contributed by atoms with E-state index in [0.29, 0.717) is 0 Å². The van der Waals surface area contributed by atoms with Gasteiger partial charge in [-0.3, -0.25) is 0 Å². The van der Waals surface area contributed by atoms with Crippen LogP contribution in [-0.4, -0.2) is 17.2 Å². The van der Waals surface area contributed by atoms with Gasteiger partial charge in [-0.2, -0.15) is 0 Å². The quantitative estimate of drug-likeness (QED) is 0.275. The van der Waals surface area contributed by atoms with Crippen LogP contribution >= 0.6 is 0 Å². The molecule has 0 rings (SSSR count). The molecule has 0 spiro atoms. The standard InChI is InChI=1S/C3H6O3.Na/c1-2(4)3(5)6;/h2,4H,1H3,(H,5,6);/q;+1/p-1/i1+1,2+1,3+1;. The Morgan fingerprint density at radius 2 is 2.00 bits per heavy atom. The second-order valence-corrected chi connectivity index (χ2v) is 0.995. The van der Waals surface area contributed by atoms with Crippen LogP contribution in [0.3, 0.4) is 0 Å². The van der Waals surface area contributed by atoms with Crippen LogP contribution in [0.15, 0.2) is 0 Å². The molecule has 0 aliphatic rings. The normalized spacial score (nSPS) is 11.7. The van der Waals surface area contributed by atoms with E-state index in [1.165, 1.54) is 0 Å². The Morgan fingerprint density at radius 1 is 1.86 bits per heavy atom. The van der Waals surface area contributed by atoms with E-state index in [9.17, 15) is 9.90 Å². The van der Waals surface area contributed by atoms with Crippen molar-refractivity contribution in [3.05, 3.63) is 0 Å². The fraction of sp³-hybridized carbons (Fsp3) is 0.667. The molecule has 0 saturated heterocycles. The van der Waals surface area contributed by atoms with Gasteiger partial charge in [0, 0.05) is 0 Å². The number of aliphatic hydroxyl groups excluding tert-OH is 1. The van der Waals surface area contributed by atoms with Crippen molar-refractivity contribution in [1.29, 1.82) is 0 Å². The van der Waals surface area contributed by atoms with Gasteiger partial charge in [0.05, 0.1) is 12.1 Å². The molecule has 4 heteroatoms. The third-order valence-electron chi connectivity index (χ3n) is 0.341. The fourth-order valence-corrected chi connectivity index (χ4v) is 0. The van der Waals surface area contributed by atoms with Crippen molar-refractivity contribution in [3.63, 3.8) is 0 Å². The molecular formula is C3H5NaO3. The molecule has 36 valence electrons. The van der Waals surface area contributed by atoms with Gasteiger partial charge in [0.15, 0.2) is 0 Å². The molecule has 0 aromatic carbocycles. The van der Waals surface area contributed by atoms with E-state index in [2.05, 4.69) is 0 Å². The molecule has 0 radical (unpaired) electrons. The molecule has 0 aliphatic heterocycles. The summed E-state index contributed by atoms with van der Waals surface area (Å²) in [4.78, 5) is 9.34. The van der Waals surface area contributed by atoms with Gasteiger partial charge < -0.3 is 15.0 Å². The van der Waals surface area contributed by atoms with Crippen LogP contribution in [-0.2, 0) is 4.79 Å². The van der Waals surface area contributed by atoms with Gasteiger partial charge in [0.1, 0.15) is 0 Å². The van der Waals surface area contributed by atoms with Gasteiger partial charge in [-0.15, -0.1) is 0 Å². The molecule has 7 heavy (non-hydrogen) atoms. The maximum Gasteiger partial charge on any atom is 1.00 e. The van der Waals surface area contributed by atoms with E-state index in [1.54, 1.807) is 0 Å². The average Bonchev–Trinajstić information content (AvgIpc) is 1.36. The topological polar surface area (TPSA) is 60.4 Å². The fourth-order valence-electron chi connectivity index (χ4n) is 0. The summed E-state index contributed by atoms with van der Waals surface area (Å²) in [5.41, 5.74) is 0. The number of carboxylic acids is 1. The number of aliphatic carboxylic acids is 1. The number of carbonyl (C=O) groups is 1. The van der Waals surface area contributed by atoms with Gasteiger partial charge in [0.25, 0.3) is 0 Å². The number of hydrogen-bond acceptors (Lipinski definition) is 3. The Kier molecular flexibility index (Phi) is 6.82. The van der Waals surface area contributed by atoms with Crippen molar-refractivity contribution < 1.29 is 44.6 Å². The zero-order valence-electron chi connectivity index (χ0n) is 4.34. The van der Waals surface area contributed by atoms with Crippen LogP contribution in [0.4, 0.5) is 0 Å². The number of aliphatic hydroxyl groups is 1. The van der Waals surface area contributed by atoms with Gasteiger partial charge in [-0.05, 0) is 6.92 Å². The molecule has 3 nitrogen and oxygen atoms in total. The van der Waals surface area contributed by atoms with Gasteiger partial charge in [0.2, 0.25) is 0 Å². The van der Waals surface area contributed by atoms with Crippen LogP contribution in [0.2, 0.25) is 0 Å². The van der Waals surface area contributed by atoms with Crippen molar-refractivity contribution in [2.24, 2.45) is 0 Å². The number of rotatable bonds is 1. The van der Waals surface area contributed by atoms with Crippen molar-refractivity contribution in [3.8, 4) is 0 Å². The molecule has 0 aliphatic carbocycles. The molecular weight excluding hydrogens is 110 g/mol. The second kappa shape index (κ2) is 4.59. The van der Waals surface area contributed by atoms with Crippen LogP contribution in [0, 0.1) is 0 Å². The van der Waals surface area contributed by atoms with Crippen molar-refractivity contribution >= 4 is 5.97 Å². The molecule has 0 bridgehead atoms. The zero-order valence-corrected chi connectivity index (χ0v) is 6.34. The molecule has 1 N–H and O–H groups in total. The third-order valence-corrected chi connectivity index (χ3v) is 0.341. The summed E-state index contributed by atoms with van der Waals surface area (Å²) in [5.74, 6) is -1.44. The Labute approximate surface area is 63.6 Å². The predicted octanol–water partition coefficient (Wildman–Crippen LogP) is -4.88. The molecule has 0 amide bonds. The minimum absolute atomic E-state index is 0. The van der Waals surface area contributed by atoms with Gasteiger partial charge in [-0.25, -0.2) is 0 Å². The summed E-state index contributed by atoms with van der Waals surface area (Å²) < 4.78 is 0. The van der Waals surface area contributed by atoms with Crippen molar-refractivity contribution in [2.75, 3.05) is 0 Å². The van der Waals surface area contributed by atoms with E-state index in [0.717, 1.165) is 6.92 Å². The molecule has 1 unspecified atom stereocenters. The number of hydrogen-bond donors (Lipinski definition) is 1. The minimum Gasteiger partial charge on any atom is -0.547 e. The van der Waals surface area contributed by atoms with E-state index in [1.807, 2.05) is 0 Å². The molecule has 0 heterocycles. The minimum atomic E-state index is -1.44. The first kappa shape index (κ1) is 10.4. The smallest absolute Gasteiger partial charge is 0.547 e. The molecule has 0 aromatic rings. The largest absolute Gasteiger partial charge is 1.00 e. The maximum atomic E-state index is 9.34. The molecule has 1 atom stereocenters. The van der Waals surface area contributed by atoms with Crippen LogP contribution in [0.5, 0.6) is 0 Å². The summed E-state index contributed by atoms with van der Waals surface area (Å²) in [6.07, 6.45) is -1.34. The van der Waals surface area contributed by atoms with E-state index < -0.39 is 12.1 Å². The molecule has 0 fully saturated rings. The van der Waals surface area contributed by atoms with E-state index >= 15 is 0 Å². The second-order valence-electron chi connectivity index (χ2n) is 0.995. The first-order valence-corrected chi connectivity index (χ1v) is 1.53. The summed E-state index contributed by atoms with van der Waals surface area (Å²) in [6.45, 7) is 1.13. The Bertz CT molecular complexity index is 61.2. The average molecular weight is 115 g/mol. The first-order chi connectivity index (χ1) is 2.64. The SMILES string of the molecule is [13CH3][13CH](O)[13C](=O)[O-].[Na+]. The van der Waals surface area contributed by atoms with E-state index in [4.69, 9.17) is 5.11 Å². The molecule has 0 aromatic heterocycles. The van der Waals surface area contributed by atoms with Crippen LogP contribution < -0.4 is 34.7 Å². The number of carboxylic acid groups (broad SMARTS) is 1. The monoisotopic (exact) mass is 115 g/mol. The Morgan fingerprint density at radius 3 is 2.00 bits per heavy atom. The predicted molar refractivity (Wildman–Crippen MR) is 16.7 cm³/mol. The van der Waals surface area contributed by atoms with Gasteiger partial charge >= 0.3 is 29.6 Å². The Hall–Kier alpha value is 0.430.